The summed E-state index contributed by atoms with van der Waals surface area (Å²) in [6.45, 7) is 1.40. The van der Waals surface area contributed by atoms with Gasteiger partial charge in [0, 0.05) is 38.3 Å². The van der Waals surface area contributed by atoms with Crippen LogP contribution in [0.15, 0.2) is 0 Å². The number of nitrogens with zero attached hydrogens (tertiary/aromatic N) is 2. The van der Waals surface area contributed by atoms with Gasteiger partial charge in [-0.25, -0.2) is 17.5 Å². The van der Waals surface area contributed by atoms with Crippen molar-refractivity contribution in [2.24, 2.45) is 29.4 Å². The highest BCUT2D eigenvalue weighted by atomic mass is 32.2. The lowest BCUT2D eigenvalue weighted by molar-refractivity contribution is -0.0533. The Bertz CT molecular complexity index is 652. The van der Waals surface area contributed by atoms with Gasteiger partial charge in [-0.15, -0.1) is 0 Å². The standard InChI is InChI=1S/C18H32N4O3S/c1-21(16-3-4-22(10-16)26(2,24)25)17(23)20-11-18(19)14-6-12-5-13(8-14)9-15(18)7-12/h12-16H,3-11,19H2,1-2H3,(H,20,23). The molecule has 8 heteroatoms. The third-order valence-electron chi connectivity index (χ3n) is 7.67. The van der Waals surface area contributed by atoms with Gasteiger partial charge < -0.3 is 16.0 Å². The Morgan fingerprint density at radius 2 is 1.77 bits per heavy atom. The van der Waals surface area contributed by atoms with Crippen LogP contribution in [-0.2, 0) is 10.0 Å². The van der Waals surface area contributed by atoms with Gasteiger partial charge in [-0.3, -0.25) is 0 Å². The summed E-state index contributed by atoms with van der Waals surface area (Å²) < 4.78 is 24.8. The van der Waals surface area contributed by atoms with Crippen LogP contribution in [0.4, 0.5) is 4.79 Å². The maximum atomic E-state index is 12.7. The molecule has 4 bridgehead atoms. The van der Waals surface area contributed by atoms with Crippen LogP contribution in [0.1, 0.15) is 38.5 Å². The van der Waals surface area contributed by atoms with Gasteiger partial charge in [-0.1, -0.05) is 0 Å². The average Bonchev–Trinajstić information content (AvgIpc) is 3.06. The monoisotopic (exact) mass is 384 g/mol. The number of urea groups is 1. The summed E-state index contributed by atoms with van der Waals surface area (Å²) in [7, 11) is -1.43. The van der Waals surface area contributed by atoms with E-state index in [9.17, 15) is 13.2 Å². The number of carbonyl (C=O) groups is 1. The smallest absolute Gasteiger partial charge is 0.317 e. The van der Waals surface area contributed by atoms with Crippen molar-refractivity contribution < 1.29 is 13.2 Å². The lowest BCUT2D eigenvalue weighted by atomic mass is 9.49. The van der Waals surface area contributed by atoms with Gasteiger partial charge in [0.25, 0.3) is 0 Å². The number of carbonyl (C=O) groups excluding carboxylic acids is 1. The number of likely N-dealkylation sites (N-methyl/N-ethyl adjacent to an activating group) is 1. The minimum absolute atomic E-state index is 0.0723. The normalized spacial score (nSPS) is 42.2. The van der Waals surface area contributed by atoms with E-state index >= 15 is 0 Å². The largest absolute Gasteiger partial charge is 0.336 e. The fraction of sp³-hybridized carbons (Fsp3) is 0.944. The molecule has 3 N–H and O–H groups in total. The molecule has 1 atom stereocenters. The van der Waals surface area contributed by atoms with Gasteiger partial charge in [-0.05, 0) is 62.2 Å². The van der Waals surface area contributed by atoms with Crippen molar-refractivity contribution in [3.05, 3.63) is 0 Å². The second-order valence-electron chi connectivity index (χ2n) is 9.25. The molecule has 5 fully saturated rings. The molecular weight excluding hydrogens is 352 g/mol. The molecule has 7 nitrogen and oxygen atoms in total. The Morgan fingerprint density at radius 3 is 2.27 bits per heavy atom. The van der Waals surface area contributed by atoms with Crippen LogP contribution in [0.2, 0.25) is 0 Å². The molecule has 1 aliphatic heterocycles. The van der Waals surface area contributed by atoms with Crippen molar-refractivity contribution in [1.82, 2.24) is 14.5 Å². The maximum Gasteiger partial charge on any atom is 0.317 e. The van der Waals surface area contributed by atoms with Crippen molar-refractivity contribution in [1.29, 1.82) is 0 Å². The van der Waals surface area contributed by atoms with Crippen LogP contribution in [0.25, 0.3) is 0 Å². The van der Waals surface area contributed by atoms with Gasteiger partial charge in [0.05, 0.1) is 6.26 Å². The Labute approximate surface area is 156 Å². The van der Waals surface area contributed by atoms with Crippen LogP contribution in [0, 0.1) is 23.7 Å². The lowest BCUT2D eigenvalue weighted by Gasteiger charge is -2.60. The first-order chi connectivity index (χ1) is 12.2. The Morgan fingerprint density at radius 1 is 1.19 bits per heavy atom. The maximum absolute atomic E-state index is 12.7. The number of amides is 2. The van der Waals surface area contributed by atoms with Gasteiger partial charge >= 0.3 is 6.03 Å². The predicted octanol–water partition coefficient (Wildman–Crippen LogP) is 0.815. The lowest BCUT2D eigenvalue weighted by Crippen LogP contribution is -2.67. The number of sulfonamides is 1. The summed E-state index contributed by atoms with van der Waals surface area (Å²) in [6, 6.07) is -0.207. The fourth-order valence-electron chi connectivity index (χ4n) is 6.20. The Balaban J connectivity index is 1.34. The topological polar surface area (TPSA) is 95.7 Å². The van der Waals surface area contributed by atoms with E-state index in [0.717, 1.165) is 11.8 Å². The highest BCUT2D eigenvalue weighted by Crippen LogP contribution is 2.57. The number of hydrogen-bond acceptors (Lipinski definition) is 4. The third-order valence-corrected chi connectivity index (χ3v) is 8.94. The summed E-state index contributed by atoms with van der Waals surface area (Å²) >= 11 is 0. The number of rotatable bonds is 4. The Hall–Kier alpha value is -0.860. The van der Waals surface area contributed by atoms with E-state index in [-0.39, 0.29) is 17.6 Å². The molecule has 0 radical (unpaired) electrons. The highest BCUT2D eigenvalue weighted by molar-refractivity contribution is 7.88. The summed E-state index contributed by atoms with van der Waals surface area (Å²) in [4.78, 5) is 14.3. The van der Waals surface area contributed by atoms with Crippen molar-refractivity contribution in [3.63, 3.8) is 0 Å². The SMILES string of the molecule is CN(C(=O)NCC1(N)C2CC3CC(C2)CC1C3)C1CCN(S(C)(=O)=O)C1. The molecule has 0 aromatic rings. The summed E-state index contributed by atoms with van der Waals surface area (Å²) in [5.74, 6) is 2.79. The van der Waals surface area contributed by atoms with Crippen LogP contribution in [-0.4, -0.2) is 68.2 Å². The molecule has 4 aliphatic carbocycles. The molecule has 0 spiro atoms. The minimum atomic E-state index is -3.19. The van der Waals surface area contributed by atoms with Crippen LogP contribution < -0.4 is 11.1 Å². The first kappa shape index (κ1) is 18.5. The molecular formula is C18H32N4O3S. The average molecular weight is 385 g/mol. The van der Waals surface area contributed by atoms with E-state index in [4.69, 9.17) is 5.73 Å². The number of hydrogen-bond donors (Lipinski definition) is 2. The van der Waals surface area contributed by atoms with E-state index in [1.165, 1.54) is 42.7 Å². The molecule has 4 saturated carbocycles. The van der Waals surface area contributed by atoms with Crippen LogP contribution in [0.3, 0.4) is 0 Å². The molecule has 1 heterocycles. The molecule has 0 aromatic heterocycles. The zero-order chi connectivity index (χ0) is 18.7. The summed E-state index contributed by atoms with van der Waals surface area (Å²) in [5, 5.41) is 3.08. The van der Waals surface area contributed by atoms with Gasteiger partial charge in [0.2, 0.25) is 10.0 Å². The van der Waals surface area contributed by atoms with Crippen molar-refractivity contribution in [2.45, 2.75) is 50.1 Å². The second-order valence-corrected chi connectivity index (χ2v) is 11.2. The zero-order valence-electron chi connectivity index (χ0n) is 15.9. The van der Waals surface area contributed by atoms with Crippen molar-refractivity contribution in [2.75, 3.05) is 32.9 Å². The number of nitrogens with one attached hydrogen (secondary N) is 1. The molecule has 26 heavy (non-hydrogen) atoms. The van der Waals surface area contributed by atoms with Gasteiger partial charge in [0.1, 0.15) is 0 Å². The van der Waals surface area contributed by atoms with E-state index in [1.807, 2.05) is 0 Å². The van der Waals surface area contributed by atoms with Crippen molar-refractivity contribution in [3.8, 4) is 0 Å². The van der Waals surface area contributed by atoms with Gasteiger partial charge in [-0.2, -0.15) is 0 Å². The molecule has 148 valence electrons. The quantitative estimate of drug-likeness (QED) is 0.750. The molecule has 1 saturated heterocycles. The zero-order valence-corrected chi connectivity index (χ0v) is 16.7. The summed E-state index contributed by atoms with van der Waals surface area (Å²) in [6.07, 6.45) is 8.18. The van der Waals surface area contributed by atoms with E-state index < -0.39 is 10.0 Å². The third kappa shape index (κ3) is 3.14. The first-order valence-electron chi connectivity index (χ1n) is 9.91. The molecule has 2 amide bonds. The second kappa shape index (κ2) is 6.34. The van der Waals surface area contributed by atoms with E-state index in [1.54, 1.807) is 11.9 Å². The van der Waals surface area contributed by atoms with E-state index in [2.05, 4.69) is 5.32 Å². The highest BCUT2D eigenvalue weighted by Gasteiger charge is 2.55. The van der Waals surface area contributed by atoms with Gasteiger partial charge in [0.15, 0.2) is 0 Å². The number of nitrogens with two attached hydrogens (primary N) is 1. The fourth-order valence-corrected chi connectivity index (χ4v) is 7.08. The van der Waals surface area contributed by atoms with Crippen molar-refractivity contribution >= 4 is 16.1 Å². The predicted molar refractivity (Wildman–Crippen MR) is 99.9 cm³/mol. The molecule has 5 rings (SSSR count). The minimum Gasteiger partial charge on any atom is -0.336 e. The van der Waals surface area contributed by atoms with E-state index in [0.29, 0.717) is 37.9 Å². The molecule has 0 aromatic carbocycles. The van der Waals surface area contributed by atoms with Crippen LogP contribution in [0.5, 0.6) is 0 Å². The summed E-state index contributed by atoms with van der Waals surface area (Å²) in [5.41, 5.74) is 6.59. The van der Waals surface area contributed by atoms with Crippen LogP contribution >= 0.6 is 0 Å². The first-order valence-corrected chi connectivity index (χ1v) is 11.8. The molecule has 1 unspecified atom stereocenters. The molecule has 5 aliphatic rings. The Kier molecular flexibility index (Phi) is 4.51.